The number of hydrogen-bond acceptors (Lipinski definition) is 2. The zero-order valence-corrected chi connectivity index (χ0v) is 10.8. The molecular formula is C14H27NO. The van der Waals surface area contributed by atoms with Gasteiger partial charge in [-0.2, -0.15) is 0 Å². The van der Waals surface area contributed by atoms with Gasteiger partial charge >= 0.3 is 0 Å². The highest BCUT2D eigenvalue weighted by Crippen LogP contribution is 2.38. The summed E-state index contributed by atoms with van der Waals surface area (Å²) in [5.74, 6) is 0. The summed E-state index contributed by atoms with van der Waals surface area (Å²) in [5.41, 5.74) is 0.554. The van der Waals surface area contributed by atoms with Crippen molar-refractivity contribution in [3.05, 3.63) is 0 Å². The predicted octanol–water partition coefficient (Wildman–Crippen LogP) is 3.21. The largest absolute Gasteiger partial charge is 0.379 e. The van der Waals surface area contributed by atoms with Gasteiger partial charge in [0.1, 0.15) is 0 Å². The topological polar surface area (TPSA) is 12.5 Å². The molecule has 0 aromatic carbocycles. The highest BCUT2D eigenvalue weighted by Gasteiger charge is 2.37. The minimum atomic E-state index is 0.554. The number of morpholine rings is 1. The molecular weight excluding hydrogens is 198 g/mol. The van der Waals surface area contributed by atoms with E-state index in [9.17, 15) is 0 Å². The van der Waals surface area contributed by atoms with Crippen molar-refractivity contribution in [3.63, 3.8) is 0 Å². The molecule has 2 nitrogen and oxygen atoms in total. The van der Waals surface area contributed by atoms with Crippen molar-refractivity contribution in [1.82, 2.24) is 4.90 Å². The van der Waals surface area contributed by atoms with Crippen molar-refractivity contribution in [2.45, 2.75) is 63.8 Å². The lowest BCUT2D eigenvalue weighted by molar-refractivity contribution is -0.0418. The molecule has 2 fully saturated rings. The summed E-state index contributed by atoms with van der Waals surface area (Å²) in [7, 11) is 0. The van der Waals surface area contributed by atoms with Crippen LogP contribution < -0.4 is 0 Å². The Labute approximate surface area is 100 Å². The van der Waals surface area contributed by atoms with Crippen molar-refractivity contribution in [2.24, 2.45) is 0 Å². The normalized spacial score (nSPS) is 26.8. The molecule has 1 aliphatic heterocycles. The van der Waals surface area contributed by atoms with Crippen LogP contribution in [0.25, 0.3) is 0 Å². The number of unbranched alkanes of at least 4 members (excludes halogenated alkanes) is 1. The Morgan fingerprint density at radius 1 is 1.06 bits per heavy atom. The third kappa shape index (κ3) is 2.78. The van der Waals surface area contributed by atoms with Gasteiger partial charge in [0.2, 0.25) is 0 Å². The molecule has 0 amide bonds. The van der Waals surface area contributed by atoms with Crippen molar-refractivity contribution in [2.75, 3.05) is 26.3 Å². The van der Waals surface area contributed by atoms with E-state index in [1.807, 2.05) is 0 Å². The maximum atomic E-state index is 5.50. The molecule has 2 rings (SSSR count). The van der Waals surface area contributed by atoms with Crippen LogP contribution in [-0.2, 0) is 4.74 Å². The quantitative estimate of drug-likeness (QED) is 0.728. The molecule has 0 unspecified atom stereocenters. The van der Waals surface area contributed by atoms with E-state index in [-0.39, 0.29) is 0 Å². The Balaban J connectivity index is 1.99. The first-order valence-electron chi connectivity index (χ1n) is 7.20. The van der Waals surface area contributed by atoms with E-state index in [2.05, 4.69) is 11.8 Å². The Bertz CT molecular complexity index is 193. The van der Waals surface area contributed by atoms with E-state index < -0.39 is 0 Å². The molecule has 0 atom stereocenters. The third-order valence-corrected chi connectivity index (χ3v) is 4.46. The van der Waals surface area contributed by atoms with Crippen molar-refractivity contribution < 1.29 is 4.74 Å². The summed E-state index contributed by atoms with van der Waals surface area (Å²) in [4.78, 5) is 2.76. The van der Waals surface area contributed by atoms with E-state index in [0.717, 1.165) is 13.2 Å². The van der Waals surface area contributed by atoms with E-state index in [0.29, 0.717) is 5.54 Å². The average Bonchev–Trinajstić information content (AvgIpc) is 2.38. The van der Waals surface area contributed by atoms with E-state index in [4.69, 9.17) is 4.74 Å². The van der Waals surface area contributed by atoms with Crippen LogP contribution in [0.1, 0.15) is 58.3 Å². The molecule has 0 radical (unpaired) electrons. The van der Waals surface area contributed by atoms with Crippen LogP contribution in [0, 0.1) is 0 Å². The van der Waals surface area contributed by atoms with Gasteiger partial charge in [0, 0.05) is 18.6 Å². The van der Waals surface area contributed by atoms with Gasteiger partial charge in [0.25, 0.3) is 0 Å². The first kappa shape index (κ1) is 12.4. The number of ether oxygens (including phenoxy) is 1. The summed E-state index contributed by atoms with van der Waals surface area (Å²) >= 11 is 0. The van der Waals surface area contributed by atoms with Gasteiger partial charge in [0.15, 0.2) is 0 Å². The summed E-state index contributed by atoms with van der Waals surface area (Å²) in [6.45, 7) is 6.56. The Morgan fingerprint density at radius 2 is 1.75 bits per heavy atom. The molecule has 1 aliphatic carbocycles. The molecule has 1 heterocycles. The van der Waals surface area contributed by atoms with Crippen molar-refractivity contribution in [1.29, 1.82) is 0 Å². The lowest BCUT2D eigenvalue weighted by Gasteiger charge is -2.48. The fraction of sp³-hybridized carbons (Fsp3) is 1.00. The second-order valence-electron chi connectivity index (χ2n) is 5.49. The highest BCUT2D eigenvalue weighted by atomic mass is 16.5. The SMILES string of the molecule is CCCCC1(N2CCOCC2)CCCCC1. The lowest BCUT2D eigenvalue weighted by Crippen LogP contribution is -2.54. The second kappa shape index (κ2) is 6.02. The zero-order chi connectivity index (χ0) is 11.3. The summed E-state index contributed by atoms with van der Waals surface area (Å²) in [6.07, 6.45) is 11.4. The number of hydrogen-bond donors (Lipinski definition) is 0. The first-order chi connectivity index (χ1) is 7.87. The van der Waals surface area contributed by atoms with Gasteiger partial charge in [-0.05, 0) is 19.3 Å². The minimum Gasteiger partial charge on any atom is -0.379 e. The van der Waals surface area contributed by atoms with Gasteiger partial charge in [-0.15, -0.1) is 0 Å². The van der Waals surface area contributed by atoms with Gasteiger partial charge in [-0.25, -0.2) is 0 Å². The molecule has 16 heavy (non-hydrogen) atoms. The number of rotatable bonds is 4. The molecule has 0 aromatic heterocycles. The fourth-order valence-corrected chi connectivity index (χ4v) is 3.48. The van der Waals surface area contributed by atoms with Crippen LogP contribution in [0.2, 0.25) is 0 Å². The van der Waals surface area contributed by atoms with Crippen LogP contribution in [-0.4, -0.2) is 36.7 Å². The predicted molar refractivity (Wildman–Crippen MR) is 67.7 cm³/mol. The molecule has 1 saturated carbocycles. The molecule has 1 saturated heterocycles. The van der Waals surface area contributed by atoms with E-state index in [1.165, 1.54) is 64.5 Å². The molecule has 0 aromatic rings. The summed E-state index contributed by atoms with van der Waals surface area (Å²) < 4.78 is 5.50. The van der Waals surface area contributed by atoms with Crippen LogP contribution >= 0.6 is 0 Å². The average molecular weight is 225 g/mol. The van der Waals surface area contributed by atoms with E-state index in [1.54, 1.807) is 0 Å². The van der Waals surface area contributed by atoms with E-state index >= 15 is 0 Å². The molecule has 0 spiro atoms. The van der Waals surface area contributed by atoms with Crippen LogP contribution in [0.3, 0.4) is 0 Å². The monoisotopic (exact) mass is 225 g/mol. The maximum absolute atomic E-state index is 5.50. The first-order valence-corrected chi connectivity index (χ1v) is 7.20. The number of nitrogens with zero attached hydrogens (tertiary/aromatic N) is 1. The fourth-order valence-electron chi connectivity index (χ4n) is 3.48. The molecule has 0 bridgehead atoms. The van der Waals surface area contributed by atoms with Crippen LogP contribution in [0.4, 0.5) is 0 Å². The lowest BCUT2D eigenvalue weighted by atomic mass is 9.76. The minimum absolute atomic E-state index is 0.554. The van der Waals surface area contributed by atoms with Crippen molar-refractivity contribution >= 4 is 0 Å². The molecule has 0 N–H and O–H groups in total. The smallest absolute Gasteiger partial charge is 0.0594 e. The van der Waals surface area contributed by atoms with Crippen LogP contribution in [0.5, 0.6) is 0 Å². The molecule has 2 heteroatoms. The van der Waals surface area contributed by atoms with Crippen molar-refractivity contribution in [3.8, 4) is 0 Å². The van der Waals surface area contributed by atoms with Gasteiger partial charge in [-0.3, -0.25) is 4.90 Å². The summed E-state index contributed by atoms with van der Waals surface area (Å²) in [6, 6.07) is 0. The Hall–Kier alpha value is -0.0800. The zero-order valence-electron chi connectivity index (χ0n) is 10.8. The van der Waals surface area contributed by atoms with Gasteiger partial charge in [-0.1, -0.05) is 39.0 Å². The highest BCUT2D eigenvalue weighted by molar-refractivity contribution is 4.93. The second-order valence-corrected chi connectivity index (χ2v) is 5.49. The van der Waals surface area contributed by atoms with Gasteiger partial charge in [0.05, 0.1) is 13.2 Å². The van der Waals surface area contributed by atoms with Crippen LogP contribution in [0.15, 0.2) is 0 Å². The maximum Gasteiger partial charge on any atom is 0.0594 e. The molecule has 2 aliphatic rings. The summed E-state index contributed by atoms with van der Waals surface area (Å²) in [5, 5.41) is 0. The Kier molecular flexibility index (Phi) is 4.66. The molecule has 94 valence electrons. The standard InChI is InChI=1S/C14H27NO/c1-2-3-7-14(8-5-4-6-9-14)15-10-12-16-13-11-15/h2-13H2,1H3. The Morgan fingerprint density at radius 3 is 2.38 bits per heavy atom. The third-order valence-electron chi connectivity index (χ3n) is 4.46. The van der Waals surface area contributed by atoms with Gasteiger partial charge < -0.3 is 4.74 Å².